The predicted molar refractivity (Wildman–Crippen MR) is 56.9 cm³/mol. The molecule has 3 nitrogen and oxygen atoms in total. The summed E-state index contributed by atoms with van der Waals surface area (Å²) in [5, 5.41) is 7.92. The van der Waals surface area contributed by atoms with Gasteiger partial charge in [-0.25, -0.2) is 0 Å². The Kier molecular flexibility index (Phi) is 2.35. The van der Waals surface area contributed by atoms with Crippen LogP contribution >= 0.6 is 0 Å². The first-order valence-electron chi connectivity index (χ1n) is 5.31. The minimum absolute atomic E-state index is 0.275. The molecular formula is C11H19N3. The van der Waals surface area contributed by atoms with Crippen LogP contribution in [0.4, 0.5) is 0 Å². The molecular weight excluding hydrogens is 174 g/mol. The lowest BCUT2D eigenvalue weighted by Crippen LogP contribution is -2.40. The molecule has 1 fully saturated rings. The standard InChI is InChI=1S/C11H19N3/c1-11(2,9-4-5-9)12-8-10-6-7-14(3)13-10/h6-7,9,12H,4-5,8H2,1-3H3. The van der Waals surface area contributed by atoms with Gasteiger partial charge in [-0.05, 0) is 38.7 Å². The molecule has 1 aliphatic rings. The van der Waals surface area contributed by atoms with E-state index < -0.39 is 0 Å². The van der Waals surface area contributed by atoms with Crippen molar-refractivity contribution >= 4 is 0 Å². The molecule has 3 heteroatoms. The zero-order valence-electron chi connectivity index (χ0n) is 9.25. The minimum Gasteiger partial charge on any atom is -0.306 e. The molecule has 1 saturated carbocycles. The van der Waals surface area contributed by atoms with Gasteiger partial charge in [-0.2, -0.15) is 5.10 Å². The normalized spacial score (nSPS) is 17.4. The van der Waals surface area contributed by atoms with Crippen LogP contribution < -0.4 is 5.32 Å². The van der Waals surface area contributed by atoms with Gasteiger partial charge in [0.15, 0.2) is 0 Å². The molecule has 0 atom stereocenters. The molecule has 0 aliphatic heterocycles. The van der Waals surface area contributed by atoms with Gasteiger partial charge >= 0.3 is 0 Å². The molecule has 1 aliphatic carbocycles. The van der Waals surface area contributed by atoms with Crippen LogP contribution in [-0.2, 0) is 13.6 Å². The van der Waals surface area contributed by atoms with Gasteiger partial charge in [0, 0.05) is 25.3 Å². The van der Waals surface area contributed by atoms with Crippen LogP contribution in [0.25, 0.3) is 0 Å². The van der Waals surface area contributed by atoms with Crippen molar-refractivity contribution in [3.63, 3.8) is 0 Å². The number of hydrogen-bond acceptors (Lipinski definition) is 2. The first-order valence-corrected chi connectivity index (χ1v) is 5.31. The van der Waals surface area contributed by atoms with Gasteiger partial charge in [0.2, 0.25) is 0 Å². The number of aromatic nitrogens is 2. The van der Waals surface area contributed by atoms with Gasteiger partial charge in [-0.15, -0.1) is 0 Å². The van der Waals surface area contributed by atoms with E-state index >= 15 is 0 Å². The van der Waals surface area contributed by atoms with E-state index in [1.807, 2.05) is 17.9 Å². The summed E-state index contributed by atoms with van der Waals surface area (Å²) in [7, 11) is 1.95. The molecule has 1 N–H and O–H groups in total. The van der Waals surface area contributed by atoms with E-state index in [1.165, 1.54) is 12.8 Å². The van der Waals surface area contributed by atoms with Gasteiger partial charge in [-0.3, -0.25) is 4.68 Å². The summed E-state index contributed by atoms with van der Waals surface area (Å²) in [6, 6.07) is 2.07. The Labute approximate surface area is 85.5 Å². The summed E-state index contributed by atoms with van der Waals surface area (Å²) < 4.78 is 1.85. The van der Waals surface area contributed by atoms with E-state index in [0.717, 1.165) is 18.2 Å². The van der Waals surface area contributed by atoms with Crippen molar-refractivity contribution in [3.8, 4) is 0 Å². The maximum absolute atomic E-state index is 4.35. The first-order chi connectivity index (χ1) is 6.58. The third-order valence-electron chi connectivity index (χ3n) is 3.09. The summed E-state index contributed by atoms with van der Waals surface area (Å²) in [6.45, 7) is 5.45. The third kappa shape index (κ3) is 2.15. The Morgan fingerprint density at radius 3 is 2.79 bits per heavy atom. The Balaban J connectivity index is 1.87. The molecule has 1 aromatic heterocycles. The van der Waals surface area contributed by atoms with E-state index in [-0.39, 0.29) is 5.54 Å². The Hall–Kier alpha value is -0.830. The van der Waals surface area contributed by atoms with Crippen molar-refractivity contribution in [3.05, 3.63) is 18.0 Å². The Bertz CT molecular complexity index is 310. The maximum atomic E-state index is 4.35. The van der Waals surface area contributed by atoms with E-state index in [1.54, 1.807) is 0 Å². The third-order valence-corrected chi connectivity index (χ3v) is 3.09. The topological polar surface area (TPSA) is 29.9 Å². The molecule has 1 heterocycles. The van der Waals surface area contributed by atoms with Crippen LogP contribution in [0.2, 0.25) is 0 Å². The molecule has 0 aromatic carbocycles. The van der Waals surface area contributed by atoms with Crippen LogP contribution in [0.5, 0.6) is 0 Å². The van der Waals surface area contributed by atoms with E-state index in [9.17, 15) is 0 Å². The zero-order valence-corrected chi connectivity index (χ0v) is 9.25. The van der Waals surface area contributed by atoms with Gasteiger partial charge in [-0.1, -0.05) is 0 Å². The summed E-state index contributed by atoms with van der Waals surface area (Å²) in [5.41, 5.74) is 1.40. The summed E-state index contributed by atoms with van der Waals surface area (Å²) in [4.78, 5) is 0. The van der Waals surface area contributed by atoms with E-state index in [0.29, 0.717) is 0 Å². The minimum atomic E-state index is 0.275. The molecule has 0 radical (unpaired) electrons. The monoisotopic (exact) mass is 193 g/mol. The van der Waals surface area contributed by atoms with Crippen LogP contribution in [-0.4, -0.2) is 15.3 Å². The predicted octanol–water partition coefficient (Wildman–Crippen LogP) is 1.70. The average Bonchev–Trinajstić information content (AvgIpc) is 2.89. The fourth-order valence-corrected chi connectivity index (χ4v) is 1.83. The highest BCUT2D eigenvalue weighted by Gasteiger charge is 2.37. The van der Waals surface area contributed by atoms with Crippen molar-refractivity contribution in [2.45, 2.75) is 38.8 Å². The number of aryl methyl sites for hydroxylation is 1. The zero-order chi connectivity index (χ0) is 10.2. The SMILES string of the molecule is Cn1ccc(CNC(C)(C)C2CC2)n1. The molecule has 78 valence electrons. The number of rotatable bonds is 4. The molecule has 0 bridgehead atoms. The van der Waals surface area contributed by atoms with Crippen LogP contribution in [0.1, 0.15) is 32.4 Å². The second kappa shape index (κ2) is 3.39. The van der Waals surface area contributed by atoms with Gasteiger partial charge in [0.1, 0.15) is 0 Å². The maximum Gasteiger partial charge on any atom is 0.0762 e. The molecule has 2 rings (SSSR count). The summed E-state index contributed by atoms with van der Waals surface area (Å²) >= 11 is 0. The van der Waals surface area contributed by atoms with Crippen molar-refractivity contribution < 1.29 is 0 Å². The second-order valence-corrected chi connectivity index (χ2v) is 4.83. The summed E-state index contributed by atoms with van der Waals surface area (Å²) in [6.07, 6.45) is 4.74. The Morgan fingerprint density at radius 1 is 1.57 bits per heavy atom. The summed E-state index contributed by atoms with van der Waals surface area (Å²) in [5.74, 6) is 0.867. The van der Waals surface area contributed by atoms with Crippen molar-refractivity contribution in [1.82, 2.24) is 15.1 Å². The molecule has 0 spiro atoms. The first kappa shape index (κ1) is 9.71. The number of nitrogens with one attached hydrogen (secondary N) is 1. The molecule has 0 unspecified atom stereocenters. The largest absolute Gasteiger partial charge is 0.306 e. The quantitative estimate of drug-likeness (QED) is 0.788. The van der Waals surface area contributed by atoms with Crippen LogP contribution in [0.15, 0.2) is 12.3 Å². The van der Waals surface area contributed by atoms with Gasteiger partial charge in [0.05, 0.1) is 5.69 Å². The van der Waals surface area contributed by atoms with Gasteiger partial charge in [0.25, 0.3) is 0 Å². The fourth-order valence-electron chi connectivity index (χ4n) is 1.83. The average molecular weight is 193 g/mol. The fraction of sp³-hybridized carbons (Fsp3) is 0.727. The lowest BCUT2D eigenvalue weighted by atomic mass is 9.99. The lowest BCUT2D eigenvalue weighted by molar-refractivity contribution is 0.337. The van der Waals surface area contributed by atoms with Crippen molar-refractivity contribution in [1.29, 1.82) is 0 Å². The van der Waals surface area contributed by atoms with E-state index in [2.05, 4.69) is 30.3 Å². The highest BCUT2D eigenvalue weighted by molar-refractivity contribution is 5.01. The molecule has 0 saturated heterocycles. The highest BCUT2D eigenvalue weighted by Crippen LogP contribution is 2.39. The molecule has 14 heavy (non-hydrogen) atoms. The number of hydrogen-bond donors (Lipinski definition) is 1. The Morgan fingerprint density at radius 2 is 2.29 bits per heavy atom. The number of nitrogens with zero attached hydrogens (tertiary/aromatic N) is 2. The molecule has 1 aromatic rings. The smallest absolute Gasteiger partial charge is 0.0762 e. The lowest BCUT2D eigenvalue weighted by Gasteiger charge is -2.25. The van der Waals surface area contributed by atoms with Crippen LogP contribution in [0.3, 0.4) is 0 Å². The van der Waals surface area contributed by atoms with Crippen LogP contribution in [0, 0.1) is 5.92 Å². The second-order valence-electron chi connectivity index (χ2n) is 4.83. The van der Waals surface area contributed by atoms with Crippen molar-refractivity contribution in [2.24, 2.45) is 13.0 Å². The molecule has 0 amide bonds. The van der Waals surface area contributed by atoms with Gasteiger partial charge < -0.3 is 5.32 Å². The van der Waals surface area contributed by atoms with Crippen molar-refractivity contribution in [2.75, 3.05) is 0 Å². The van der Waals surface area contributed by atoms with E-state index in [4.69, 9.17) is 0 Å². The highest BCUT2D eigenvalue weighted by atomic mass is 15.3.